The monoisotopic (exact) mass is 304 g/mol. The number of aliphatic hydroxyl groups excluding tert-OH is 1. The average Bonchev–Trinajstić information content (AvgIpc) is 2.76. The third-order valence-electron chi connectivity index (χ3n) is 3.58. The molecule has 2 aromatic carbocycles. The lowest BCUT2D eigenvalue weighted by atomic mass is 10.1. The van der Waals surface area contributed by atoms with Gasteiger partial charge in [0.1, 0.15) is 11.6 Å². The highest BCUT2D eigenvalue weighted by molar-refractivity contribution is 6.31. The minimum absolute atomic E-state index is 0.223. The Morgan fingerprint density at radius 3 is 2.76 bits per heavy atom. The van der Waals surface area contributed by atoms with E-state index in [2.05, 4.69) is 4.98 Å². The highest BCUT2D eigenvalue weighted by atomic mass is 35.5. The van der Waals surface area contributed by atoms with Gasteiger partial charge in [0.15, 0.2) is 0 Å². The number of imidazole rings is 1. The zero-order chi connectivity index (χ0) is 15.0. The molecule has 0 spiro atoms. The summed E-state index contributed by atoms with van der Waals surface area (Å²) in [7, 11) is 1.91. The summed E-state index contributed by atoms with van der Waals surface area (Å²) < 4.78 is 15.0. The van der Waals surface area contributed by atoms with Crippen molar-refractivity contribution in [2.45, 2.75) is 12.5 Å². The molecule has 0 saturated heterocycles. The van der Waals surface area contributed by atoms with Crippen LogP contribution in [0.4, 0.5) is 4.39 Å². The van der Waals surface area contributed by atoms with Crippen molar-refractivity contribution in [3.05, 3.63) is 64.7 Å². The molecule has 3 aromatic rings. The van der Waals surface area contributed by atoms with Crippen LogP contribution in [0.25, 0.3) is 11.0 Å². The molecular formula is C16H14ClFN2O. The Morgan fingerprint density at radius 2 is 2.05 bits per heavy atom. The van der Waals surface area contributed by atoms with Crippen molar-refractivity contribution < 1.29 is 9.50 Å². The number of nitrogens with zero attached hydrogens (tertiary/aromatic N) is 2. The van der Waals surface area contributed by atoms with Crippen molar-refractivity contribution in [3.8, 4) is 0 Å². The van der Waals surface area contributed by atoms with Gasteiger partial charge in [-0.25, -0.2) is 9.37 Å². The first-order chi connectivity index (χ1) is 10.1. The molecule has 108 valence electrons. The largest absolute Gasteiger partial charge is 0.388 e. The summed E-state index contributed by atoms with van der Waals surface area (Å²) in [6.45, 7) is 0. The Bertz CT molecular complexity index is 800. The normalized spacial score (nSPS) is 12.8. The molecule has 5 heteroatoms. The van der Waals surface area contributed by atoms with Crippen LogP contribution in [0.2, 0.25) is 5.02 Å². The number of rotatable bonds is 3. The van der Waals surface area contributed by atoms with E-state index < -0.39 is 11.9 Å². The number of aliphatic hydroxyl groups is 1. The van der Waals surface area contributed by atoms with Gasteiger partial charge in [-0.3, -0.25) is 0 Å². The number of halogens is 2. The first-order valence-corrected chi connectivity index (χ1v) is 6.97. The molecule has 0 bridgehead atoms. The molecule has 1 unspecified atom stereocenters. The molecule has 0 amide bonds. The van der Waals surface area contributed by atoms with E-state index in [1.165, 1.54) is 18.2 Å². The minimum Gasteiger partial charge on any atom is -0.388 e. The fourth-order valence-electron chi connectivity index (χ4n) is 2.43. The Balaban J connectivity index is 1.92. The molecule has 1 N–H and O–H groups in total. The van der Waals surface area contributed by atoms with Crippen molar-refractivity contribution in [2.24, 2.45) is 7.05 Å². The van der Waals surface area contributed by atoms with Gasteiger partial charge in [-0.15, -0.1) is 0 Å². The third kappa shape index (κ3) is 2.64. The molecule has 0 saturated carbocycles. The summed E-state index contributed by atoms with van der Waals surface area (Å²) in [6, 6.07) is 11.8. The molecule has 0 aliphatic heterocycles. The van der Waals surface area contributed by atoms with Crippen LogP contribution in [-0.2, 0) is 13.5 Å². The van der Waals surface area contributed by atoms with Gasteiger partial charge in [0.05, 0.1) is 17.1 Å². The van der Waals surface area contributed by atoms with E-state index in [0.717, 1.165) is 16.9 Å². The lowest BCUT2D eigenvalue weighted by Crippen LogP contribution is -2.07. The molecule has 0 radical (unpaired) electrons. The molecule has 3 rings (SSSR count). The van der Waals surface area contributed by atoms with Gasteiger partial charge < -0.3 is 9.67 Å². The summed E-state index contributed by atoms with van der Waals surface area (Å²) in [5.41, 5.74) is 2.39. The quantitative estimate of drug-likeness (QED) is 0.802. The minimum atomic E-state index is -0.825. The molecule has 1 atom stereocenters. The number of para-hydroxylation sites is 2. The summed E-state index contributed by atoms with van der Waals surface area (Å²) in [4.78, 5) is 4.51. The van der Waals surface area contributed by atoms with Gasteiger partial charge in [-0.1, -0.05) is 29.8 Å². The van der Waals surface area contributed by atoms with E-state index >= 15 is 0 Å². The van der Waals surface area contributed by atoms with E-state index in [4.69, 9.17) is 11.6 Å². The fourth-order valence-corrected chi connectivity index (χ4v) is 2.73. The average molecular weight is 305 g/mol. The van der Waals surface area contributed by atoms with Gasteiger partial charge in [0.2, 0.25) is 0 Å². The lowest BCUT2D eigenvalue weighted by molar-refractivity contribution is 0.175. The molecule has 0 fully saturated rings. The van der Waals surface area contributed by atoms with Gasteiger partial charge in [-0.05, 0) is 29.8 Å². The topological polar surface area (TPSA) is 38.0 Å². The van der Waals surface area contributed by atoms with Crippen molar-refractivity contribution >= 4 is 22.6 Å². The molecule has 0 aliphatic rings. The number of hydrogen-bond acceptors (Lipinski definition) is 2. The zero-order valence-corrected chi connectivity index (χ0v) is 12.2. The second kappa shape index (κ2) is 5.47. The van der Waals surface area contributed by atoms with Crippen molar-refractivity contribution in [1.82, 2.24) is 9.55 Å². The van der Waals surface area contributed by atoms with Crippen LogP contribution in [-0.4, -0.2) is 14.7 Å². The number of hydrogen-bond donors (Lipinski definition) is 1. The highest BCUT2D eigenvalue weighted by Gasteiger charge is 2.16. The maximum atomic E-state index is 13.1. The van der Waals surface area contributed by atoms with Crippen LogP contribution >= 0.6 is 11.6 Å². The van der Waals surface area contributed by atoms with E-state index in [1.54, 1.807) is 0 Å². The molecule has 0 aliphatic carbocycles. The van der Waals surface area contributed by atoms with Crippen LogP contribution in [0, 0.1) is 5.82 Å². The summed E-state index contributed by atoms with van der Waals surface area (Å²) in [5.74, 6) is 0.336. The van der Waals surface area contributed by atoms with E-state index in [0.29, 0.717) is 12.0 Å². The smallest absolute Gasteiger partial charge is 0.124 e. The second-order valence-electron chi connectivity index (χ2n) is 4.96. The predicted molar refractivity (Wildman–Crippen MR) is 80.8 cm³/mol. The number of aromatic nitrogens is 2. The molecule has 1 aromatic heterocycles. The van der Waals surface area contributed by atoms with Crippen molar-refractivity contribution in [3.63, 3.8) is 0 Å². The van der Waals surface area contributed by atoms with Gasteiger partial charge in [0, 0.05) is 18.5 Å². The predicted octanol–water partition coefficient (Wildman–Crippen LogP) is 3.64. The van der Waals surface area contributed by atoms with Crippen LogP contribution in [0.1, 0.15) is 17.5 Å². The number of aryl methyl sites for hydroxylation is 1. The number of fused-ring (bicyclic) bond motifs is 1. The molecular weight excluding hydrogens is 291 g/mol. The maximum absolute atomic E-state index is 13.1. The summed E-state index contributed by atoms with van der Waals surface area (Å²) >= 11 is 5.98. The van der Waals surface area contributed by atoms with Crippen molar-refractivity contribution in [1.29, 1.82) is 0 Å². The fraction of sp³-hybridized carbons (Fsp3) is 0.188. The van der Waals surface area contributed by atoms with Crippen LogP contribution < -0.4 is 0 Å². The van der Waals surface area contributed by atoms with Crippen LogP contribution in [0.5, 0.6) is 0 Å². The van der Waals surface area contributed by atoms with E-state index in [1.807, 2.05) is 35.9 Å². The Morgan fingerprint density at radius 1 is 1.29 bits per heavy atom. The summed E-state index contributed by atoms with van der Waals surface area (Å²) in [6.07, 6.45) is -0.509. The van der Waals surface area contributed by atoms with E-state index in [9.17, 15) is 9.50 Å². The van der Waals surface area contributed by atoms with Crippen LogP contribution in [0.15, 0.2) is 42.5 Å². The first-order valence-electron chi connectivity index (χ1n) is 6.59. The van der Waals surface area contributed by atoms with Gasteiger partial charge in [-0.2, -0.15) is 0 Å². The van der Waals surface area contributed by atoms with Gasteiger partial charge in [0.25, 0.3) is 0 Å². The Labute approximate surface area is 126 Å². The standard InChI is InChI=1S/C16H14ClFN2O/c1-20-14-5-3-2-4-13(14)19-16(20)9-15(21)11-7-6-10(18)8-12(11)17/h2-8,15,21H,9H2,1H3. The summed E-state index contributed by atoms with van der Waals surface area (Å²) in [5, 5.41) is 10.6. The Kier molecular flexibility index (Phi) is 3.66. The third-order valence-corrected chi connectivity index (χ3v) is 3.90. The van der Waals surface area contributed by atoms with E-state index in [-0.39, 0.29) is 5.02 Å². The number of benzene rings is 2. The highest BCUT2D eigenvalue weighted by Crippen LogP contribution is 2.27. The lowest BCUT2D eigenvalue weighted by Gasteiger charge is -2.12. The van der Waals surface area contributed by atoms with Crippen LogP contribution in [0.3, 0.4) is 0 Å². The molecule has 1 heterocycles. The first kappa shape index (κ1) is 14.0. The van der Waals surface area contributed by atoms with Crippen molar-refractivity contribution in [2.75, 3.05) is 0 Å². The maximum Gasteiger partial charge on any atom is 0.124 e. The SMILES string of the molecule is Cn1c(CC(O)c2ccc(F)cc2Cl)nc2ccccc21. The second-order valence-corrected chi connectivity index (χ2v) is 5.37. The Hall–Kier alpha value is -1.91. The molecule has 3 nitrogen and oxygen atoms in total. The van der Waals surface area contributed by atoms with Gasteiger partial charge >= 0.3 is 0 Å². The molecule has 21 heavy (non-hydrogen) atoms. The zero-order valence-electron chi connectivity index (χ0n) is 11.4.